The quantitative estimate of drug-likeness (QED) is 0.471. The van der Waals surface area contributed by atoms with Gasteiger partial charge in [-0.3, -0.25) is 0 Å². The Hall–Kier alpha value is -3.10. The maximum atomic E-state index is 12.3. The Kier molecular flexibility index (Phi) is 8.64. The molecular formula is C21H26F3N3O3. The molecule has 2 rings (SSSR count). The fourth-order valence-corrected chi connectivity index (χ4v) is 2.59. The van der Waals surface area contributed by atoms with Crippen molar-refractivity contribution in [2.45, 2.75) is 26.2 Å². The number of ether oxygens (including phenoxy) is 3. The summed E-state index contributed by atoms with van der Waals surface area (Å²) in [5.74, 6) is 2.01. The highest BCUT2D eigenvalue weighted by atomic mass is 19.4. The molecule has 0 atom stereocenters. The van der Waals surface area contributed by atoms with E-state index in [1.165, 1.54) is 6.07 Å². The molecule has 0 fully saturated rings. The zero-order chi connectivity index (χ0) is 22.0. The van der Waals surface area contributed by atoms with Crippen LogP contribution in [-0.4, -0.2) is 39.5 Å². The zero-order valence-corrected chi connectivity index (χ0v) is 17.2. The number of aliphatic imine (C=N–C) groups is 1. The molecule has 0 amide bonds. The van der Waals surface area contributed by atoms with Crippen molar-refractivity contribution in [3.8, 4) is 17.2 Å². The molecule has 0 saturated carbocycles. The van der Waals surface area contributed by atoms with Crippen LogP contribution in [0.5, 0.6) is 17.2 Å². The van der Waals surface area contributed by atoms with Crippen molar-refractivity contribution in [2.24, 2.45) is 4.99 Å². The Labute approximate surface area is 174 Å². The van der Waals surface area contributed by atoms with Gasteiger partial charge in [-0.05, 0) is 42.3 Å². The van der Waals surface area contributed by atoms with Gasteiger partial charge in [-0.2, -0.15) is 13.2 Å². The number of halogens is 3. The van der Waals surface area contributed by atoms with Crippen LogP contribution in [0.25, 0.3) is 0 Å². The molecule has 164 valence electrons. The number of nitrogens with one attached hydrogen (secondary N) is 2. The van der Waals surface area contributed by atoms with E-state index < -0.39 is 12.8 Å². The smallest absolute Gasteiger partial charge is 0.422 e. The molecule has 0 radical (unpaired) electrons. The molecule has 0 aliphatic carbocycles. The van der Waals surface area contributed by atoms with Crippen LogP contribution >= 0.6 is 0 Å². The number of alkyl halides is 3. The van der Waals surface area contributed by atoms with E-state index in [4.69, 9.17) is 14.2 Å². The number of nitrogens with zero attached hydrogens (tertiary/aromatic N) is 1. The van der Waals surface area contributed by atoms with Gasteiger partial charge in [-0.1, -0.05) is 18.2 Å². The lowest BCUT2D eigenvalue weighted by Crippen LogP contribution is -2.36. The van der Waals surface area contributed by atoms with Crippen molar-refractivity contribution in [3.63, 3.8) is 0 Å². The van der Waals surface area contributed by atoms with Gasteiger partial charge in [0, 0.05) is 13.1 Å². The van der Waals surface area contributed by atoms with E-state index in [0.717, 1.165) is 11.1 Å². The Morgan fingerprint density at radius 3 is 2.40 bits per heavy atom. The molecule has 0 heterocycles. The summed E-state index contributed by atoms with van der Waals surface area (Å²) in [6, 6.07) is 12.1. The van der Waals surface area contributed by atoms with Crippen molar-refractivity contribution in [1.82, 2.24) is 10.6 Å². The van der Waals surface area contributed by atoms with Crippen LogP contribution in [0.15, 0.2) is 47.5 Å². The van der Waals surface area contributed by atoms with Crippen molar-refractivity contribution in [3.05, 3.63) is 53.6 Å². The van der Waals surface area contributed by atoms with Gasteiger partial charge in [0.2, 0.25) is 0 Å². The fraction of sp³-hybridized carbons (Fsp3) is 0.381. The normalized spacial score (nSPS) is 11.7. The van der Waals surface area contributed by atoms with Crippen LogP contribution in [0.2, 0.25) is 0 Å². The molecule has 6 nitrogen and oxygen atoms in total. The lowest BCUT2D eigenvalue weighted by atomic mass is 10.2. The second-order valence-electron chi connectivity index (χ2n) is 6.29. The van der Waals surface area contributed by atoms with Crippen molar-refractivity contribution < 1.29 is 27.4 Å². The van der Waals surface area contributed by atoms with E-state index in [1.54, 1.807) is 32.4 Å². The maximum absolute atomic E-state index is 12.3. The van der Waals surface area contributed by atoms with E-state index in [0.29, 0.717) is 30.5 Å². The Morgan fingerprint density at radius 1 is 0.967 bits per heavy atom. The van der Waals surface area contributed by atoms with Gasteiger partial charge in [0.1, 0.15) is 5.75 Å². The highest BCUT2D eigenvalue weighted by molar-refractivity contribution is 5.79. The Balaban J connectivity index is 2.01. The standard InChI is InChI=1S/C21H26F3N3O3/c1-4-25-20(27-13-16-8-9-18(28-2)19(11-16)29-3)26-12-15-6-5-7-17(10-15)30-14-21(22,23)24/h5-11H,4,12-14H2,1-3H3,(H2,25,26,27). The topological polar surface area (TPSA) is 64.1 Å². The van der Waals surface area contributed by atoms with Gasteiger partial charge in [0.25, 0.3) is 0 Å². The third kappa shape index (κ3) is 7.73. The largest absolute Gasteiger partial charge is 0.493 e. The molecule has 2 N–H and O–H groups in total. The number of hydrogen-bond acceptors (Lipinski definition) is 4. The van der Waals surface area contributed by atoms with Crippen LogP contribution in [-0.2, 0) is 13.1 Å². The van der Waals surface area contributed by atoms with Gasteiger partial charge < -0.3 is 24.8 Å². The van der Waals surface area contributed by atoms with Crippen molar-refractivity contribution in [2.75, 3.05) is 27.4 Å². The Bertz CT molecular complexity index is 842. The summed E-state index contributed by atoms with van der Waals surface area (Å²) in [5, 5.41) is 6.36. The van der Waals surface area contributed by atoms with E-state index in [1.807, 2.05) is 25.1 Å². The van der Waals surface area contributed by atoms with Crippen LogP contribution in [0.4, 0.5) is 13.2 Å². The molecule has 0 saturated heterocycles. The summed E-state index contributed by atoms with van der Waals surface area (Å²) in [7, 11) is 3.15. The van der Waals surface area contributed by atoms with Gasteiger partial charge >= 0.3 is 6.18 Å². The van der Waals surface area contributed by atoms with E-state index in [9.17, 15) is 13.2 Å². The molecule has 0 unspecified atom stereocenters. The molecule has 2 aromatic rings. The second-order valence-corrected chi connectivity index (χ2v) is 6.29. The minimum atomic E-state index is -4.37. The van der Waals surface area contributed by atoms with E-state index in [-0.39, 0.29) is 12.3 Å². The molecule has 9 heteroatoms. The fourth-order valence-electron chi connectivity index (χ4n) is 2.59. The first-order chi connectivity index (χ1) is 14.3. The van der Waals surface area contributed by atoms with Gasteiger partial charge in [-0.25, -0.2) is 4.99 Å². The van der Waals surface area contributed by atoms with Crippen molar-refractivity contribution in [1.29, 1.82) is 0 Å². The Morgan fingerprint density at radius 2 is 1.73 bits per heavy atom. The average molecular weight is 425 g/mol. The average Bonchev–Trinajstić information content (AvgIpc) is 2.73. The van der Waals surface area contributed by atoms with Crippen LogP contribution < -0.4 is 24.8 Å². The summed E-state index contributed by atoms with van der Waals surface area (Å²) in [6.07, 6.45) is -4.37. The number of methoxy groups -OCH3 is 2. The van der Waals surface area contributed by atoms with Gasteiger partial charge in [-0.15, -0.1) is 0 Å². The third-order valence-corrected chi connectivity index (χ3v) is 3.97. The summed E-state index contributed by atoms with van der Waals surface area (Å²) in [4.78, 5) is 4.49. The lowest BCUT2D eigenvalue weighted by molar-refractivity contribution is -0.153. The predicted molar refractivity (Wildman–Crippen MR) is 109 cm³/mol. The predicted octanol–water partition coefficient (Wildman–Crippen LogP) is 3.90. The lowest BCUT2D eigenvalue weighted by Gasteiger charge is -2.13. The molecule has 0 aliphatic rings. The number of rotatable bonds is 9. The van der Waals surface area contributed by atoms with Crippen molar-refractivity contribution >= 4 is 5.96 Å². The monoisotopic (exact) mass is 425 g/mol. The van der Waals surface area contributed by atoms with E-state index in [2.05, 4.69) is 15.6 Å². The highest BCUT2D eigenvalue weighted by Crippen LogP contribution is 2.27. The maximum Gasteiger partial charge on any atom is 0.422 e. The molecular weight excluding hydrogens is 399 g/mol. The third-order valence-electron chi connectivity index (χ3n) is 3.97. The van der Waals surface area contributed by atoms with Gasteiger partial charge in [0.05, 0.1) is 20.8 Å². The molecule has 0 aromatic heterocycles. The molecule has 2 aromatic carbocycles. The SMILES string of the molecule is CCNC(=NCc1cccc(OCC(F)(F)F)c1)NCc1ccc(OC)c(OC)c1. The number of benzene rings is 2. The zero-order valence-electron chi connectivity index (χ0n) is 17.2. The first-order valence-electron chi connectivity index (χ1n) is 9.36. The first kappa shape index (κ1) is 23.2. The molecule has 0 bridgehead atoms. The minimum Gasteiger partial charge on any atom is -0.493 e. The molecule has 0 aliphatic heterocycles. The summed E-state index contributed by atoms with van der Waals surface area (Å²) in [6.45, 7) is 2.06. The van der Waals surface area contributed by atoms with Gasteiger partial charge in [0.15, 0.2) is 24.1 Å². The van der Waals surface area contributed by atoms with Crippen LogP contribution in [0.3, 0.4) is 0 Å². The highest BCUT2D eigenvalue weighted by Gasteiger charge is 2.28. The summed E-state index contributed by atoms with van der Waals surface area (Å²) in [5.41, 5.74) is 1.71. The number of hydrogen-bond donors (Lipinski definition) is 2. The second kappa shape index (κ2) is 11.2. The van der Waals surface area contributed by atoms with Crippen LogP contribution in [0.1, 0.15) is 18.1 Å². The van der Waals surface area contributed by atoms with Crippen LogP contribution in [0, 0.1) is 0 Å². The first-order valence-corrected chi connectivity index (χ1v) is 9.36. The summed E-state index contributed by atoms with van der Waals surface area (Å²) >= 11 is 0. The number of guanidine groups is 1. The summed E-state index contributed by atoms with van der Waals surface area (Å²) < 4.78 is 52.3. The molecule has 0 spiro atoms. The molecule has 30 heavy (non-hydrogen) atoms. The minimum absolute atomic E-state index is 0.156. The van der Waals surface area contributed by atoms with E-state index >= 15 is 0 Å².